The molecule has 1 aromatic carbocycles. The molecule has 0 aliphatic rings. The molecular weight excluding hydrogens is 301 g/mol. The Morgan fingerprint density at radius 2 is 2.06 bits per heavy atom. The Bertz CT molecular complexity index is 455. The highest BCUT2D eigenvalue weighted by atomic mass is 79.9. The molecule has 0 amide bonds. The molecule has 3 nitrogen and oxygen atoms in total. The number of halogens is 2. The van der Waals surface area contributed by atoms with Crippen LogP contribution in [-0.2, 0) is 0 Å². The van der Waals surface area contributed by atoms with Gasteiger partial charge < -0.3 is 10.4 Å². The van der Waals surface area contributed by atoms with E-state index in [1.54, 1.807) is 0 Å². The van der Waals surface area contributed by atoms with Crippen LogP contribution in [0.5, 0.6) is 0 Å². The first-order chi connectivity index (χ1) is 8.22. The maximum Gasteiger partial charge on any atom is 0.336 e. The summed E-state index contributed by atoms with van der Waals surface area (Å²) < 4.78 is 13.9. The summed E-state index contributed by atoms with van der Waals surface area (Å²) >= 11 is 2.97. The maximum atomic E-state index is 13.9. The molecule has 1 aromatic rings. The van der Waals surface area contributed by atoms with Gasteiger partial charge in [-0.1, -0.05) is 20.8 Å². The number of benzene rings is 1. The second-order valence-corrected chi connectivity index (χ2v) is 6.12. The molecule has 100 valence electrons. The van der Waals surface area contributed by atoms with Gasteiger partial charge in [-0.3, -0.25) is 0 Å². The van der Waals surface area contributed by atoms with Crippen molar-refractivity contribution in [1.82, 2.24) is 0 Å². The third-order valence-corrected chi connectivity index (χ3v) is 3.28. The van der Waals surface area contributed by atoms with Gasteiger partial charge in [-0.25, -0.2) is 9.18 Å². The van der Waals surface area contributed by atoms with Gasteiger partial charge in [0, 0.05) is 6.54 Å². The van der Waals surface area contributed by atoms with E-state index in [0.29, 0.717) is 12.2 Å². The van der Waals surface area contributed by atoms with Gasteiger partial charge in [-0.15, -0.1) is 0 Å². The summed E-state index contributed by atoms with van der Waals surface area (Å²) in [5.74, 6) is -1.72. The number of nitrogens with one attached hydrogen (secondary N) is 1. The normalized spacial score (nSPS) is 11.4. The molecule has 0 aliphatic heterocycles. The predicted molar refractivity (Wildman–Crippen MR) is 73.6 cm³/mol. The highest BCUT2D eigenvalue weighted by Gasteiger charge is 2.16. The Kier molecular flexibility index (Phi) is 4.73. The topological polar surface area (TPSA) is 49.3 Å². The quantitative estimate of drug-likeness (QED) is 0.877. The number of carboxylic acid groups (broad SMARTS) is 1. The van der Waals surface area contributed by atoms with E-state index < -0.39 is 11.8 Å². The second-order valence-electron chi connectivity index (χ2n) is 5.33. The van der Waals surface area contributed by atoms with Crippen molar-refractivity contribution in [2.45, 2.75) is 27.2 Å². The molecule has 0 bridgehead atoms. The zero-order valence-electron chi connectivity index (χ0n) is 10.7. The van der Waals surface area contributed by atoms with Gasteiger partial charge in [0.05, 0.1) is 15.7 Å². The molecule has 2 N–H and O–H groups in total. The van der Waals surface area contributed by atoms with Gasteiger partial charge in [-0.2, -0.15) is 0 Å². The van der Waals surface area contributed by atoms with Crippen molar-refractivity contribution >= 4 is 27.6 Å². The molecule has 0 spiro atoms. The van der Waals surface area contributed by atoms with Crippen LogP contribution in [0.25, 0.3) is 0 Å². The molecule has 0 fully saturated rings. The molecule has 5 heteroatoms. The van der Waals surface area contributed by atoms with Crippen LogP contribution < -0.4 is 5.32 Å². The predicted octanol–water partition coefficient (Wildman–Crippen LogP) is 4.13. The number of aromatic carboxylic acids is 1. The Labute approximate surface area is 115 Å². The number of anilines is 1. The maximum absolute atomic E-state index is 13.9. The Morgan fingerprint density at radius 3 is 2.56 bits per heavy atom. The van der Waals surface area contributed by atoms with Crippen molar-refractivity contribution in [3.63, 3.8) is 0 Å². The number of carboxylic acids is 1. The van der Waals surface area contributed by atoms with Crippen LogP contribution in [0.4, 0.5) is 10.1 Å². The van der Waals surface area contributed by atoms with Crippen molar-refractivity contribution in [3.8, 4) is 0 Å². The SMILES string of the molecule is CC(C)(C)CCNc1ccc(C(=O)O)c(Br)c1F. The van der Waals surface area contributed by atoms with E-state index in [0.717, 1.165) is 6.42 Å². The fourth-order valence-corrected chi connectivity index (χ4v) is 1.94. The van der Waals surface area contributed by atoms with Gasteiger partial charge in [0.1, 0.15) is 0 Å². The summed E-state index contributed by atoms with van der Waals surface area (Å²) in [5, 5.41) is 11.8. The van der Waals surface area contributed by atoms with Gasteiger partial charge in [-0.05, 0) is 39.9 Å². The molecule has 1 rings (SSSR count). The minimum absolute atomic E-state index is 0.0178. The number of hydrogen-bond donors (Lipinski definition) is 2. The van der Waals surface area contributed by atoms with Crippen LogP contribution in [0, 0.1) is 11.2 Å². The first-order valence-corrected chi connectivity index (χ1v) is 6.47. The lowest BCUT2D eigenvalue weighted by Crippen LogP contribution is -2.14. The van der Waals surface area contributed by atoms with Crippen LogP contribution in [0.15, 0.2) is 16.6 Å². The Hall–Kier alpha value is -1.10. The lowest BCUT2D eigenvalue weighted by Gasteiger charge is -2.19. The molecule has 0 saturated carbocycles. The second kappa shape index (κ2) is 5.69. The first-order valence-electron chi connectivity index (χ1n) is 5.67. The van der Waals surface area contributed by atoms with E-state index in [9.17, 15) is 9.18 Å². The summed E-state index contributed by atoms with van der Waals surface area (Å²) in [6.07, 6.45) is 0.894. The van der Waals surface area contributed by atoms with Crippen molar-refractivity contribution < 1.29 is 14.3 Å². The van der Waals surface area contributed by atoms with E-state index in [1.807, 2.05) is 0 Å². The lowest BCUT2D eigenvalue weighted by atomic mass is 9.92. The van der Waals surface area contributed by atoms with Gasteiger partial charge in [0.25, 0.3) is 0 Å². The van der Waals surface area contributed by atoms with Crippen molar-refractivity contribution in [2.24, 2.45) is 5.41 Å². The summed E-state index contributed by atoms with van der Waals surface area (Å²) in [6.45, 7) is 6.96. The van der Waals surface area contributed by atoms with Crippen LogP contribution in [0.2, 0.25) is 0 Å². The number of carbonyl (C=O) groups is 1. The standard InChI is InChI=1S/C13H17BrFNO2/c1-13(2,3)6-7-16-9-5-4-8(12(17)18)10(14)11(9)15/h4-5,16H,6-7H2,1-3H3,(H,17,18). The summed E-state index contributed by atoms with van der Waals surface area (Å²) in [7, 11) is 0. The highest BCUT2D eigenvalue weighted by Crippen LogP contribution is 2.27. The number of rotatable bonds is 4. The Balaban J connectivity index is 2.80. The lowest BCUT2D eigenvalue weighted by molar-refractivity contribution is 0.0695. The summed E-state index contributed by atoms with van der Waals surface area (Å²) in [6, 6.07) is 2.83. The smallest absolute Gasteiger partial charge is 0.336 e. The van der Waals surface area contributed by atoms with E-state index >= 15 is 0 Å². The zero-order valence-corrected chi connectivity index (χ0v) is 12.3. The molecule has 0 aliphatic carbocycles. The third-order valence-electron chi connectivity index (χ3n) is 2.50. The molecular formula is C13H17BrFNO2. The molecule has 0 unspecified atom stereocenters. The van der Waals surface area contributed by atoms with Gasteiger partial charge in [0.15, 0.2) is 5.82 Å². The van der Waals surface area contributed by atoms with Crippen molar-refractivity contribution in [2.75, 3.05) is 11.9 Å². The van der Waals surface area contributed by atoms with Crippen molar-refractivity contribution in [1.29, 1.82) is 0 Å². The average molecular weight is 318 g/mol. The third kappa shape index (κ3) is 3.98. The molecule has 0 atom stereocenters. The molecule has 0 radical (unpaired) electrons. The Morgan fingerprint density at radius 1 is 1.44 bits per heavy atom. The summed E-state index contributed by atoms with van der Waals surface area (Å²) in [5.41, 5.74) is 0.409. The fraction of sp³-hybridized carbons (Fsp3) is 0.462. The fourth-order valence-electron chi connectivity index (χ4n) is 1.42. The summed E-state index contributed by atoms with van der Waals surface area (Å²) in [4.78, 5) is 10.8. The van der Waals surface area contributed by atoms with Crippen LogP contribution >= 0.6 is 15.9 Å². The van der Waals surface area contributed by atoms with Crippen LogP contribution in [-0.4, -0.2) is 17.6 Å². The molecule has 0 heterocycles. The van der Waals surface area contributed by atoms with Crippen LogP contribution in [0.1, 0.15) is 37.6 Å². The monoisotopic (exact) mass is 317 g/mol. The van der Waals surface area contributed by atoms with E-state index in [-0.39, 0.29) is 15.5 Å². The van der Waals surface area contributed by atoms with Crippen molar-refractivity contribution in [3.05, 3.63) is 28.0 Å². The zero-order chi connectivity index (χ0) is 13.9. The van der Waals surface area contributed by atoms with E-state index in [2.05, 4.69) is 42.0 Å². The van der Waals surface area contributed by atoms with Crippen LogP contribution in [0.3, 0.4) is 0 Å². The molecule has 0 aromatic heterocycles. The van der Waals surface area contributed by atoms with Gasteiger partial charge >= 0.3 is 5.97 Å². The number of hydrogen-bond acceptors (Lipinski definition) is 2. The largest absolute Gasteiger partial charge is 0.478 e. The minimum Gasteiger partial charge on any atom is -0.478 e. The first kappa shape index (κ1) is 15.0. The van der Waals surface area contributed by atoms with E-state index in [1.165, 1.54) is 12.1 Å². The minimum atomic E-state index is -1.15. The van der Waals surface area contributed by atoms with Gasteiger partial charge in [0.2, 0.25) is 0 Å². The average Bonchev–Trinajstić information content (AvgIpc) is 2.22. The van der Waals surface area contributed by atoms with E-state index in [4.69, 9.17) is 5.11 Å². The molecule has 18 heavy (non-hydrogen) atoms. The molecule has 0 saturated heterocycles. The highest BCUT2D eigenvalue weighted by molar-refractivity contribution is 9.10.